The predicted octanol–water partition coefficient (Wildman–Crippen LogP) is -0.465. The smallest absolute Gasteiger partial charge is 0.340 e. The van der Waals surface area contributed by atoms with E-state index in [-0.39, 0.29) is 5.56 Å². The summed E-state index contributed by atoms with van der Waals surface area (Å²) in [7, 11) is 0. The molecule has 3 rings (SSSR count). The zero-order chi connectivity index (χ0) is 18.8. The van der Waals surface area contributed by atoms with Gasteiger partial charge in [0, 0.05) is 17.8 Å². The number of ether oxygens (including phenoxy) is 1. The van der Waals surface area contributed by atoms with Crippen LogP contribution >= 0.6 is 0 Å². The fourth-order valence-electron chi connectivity index (χ4n) is 2.98. The summed E-state index contributed by atoms with van der Waals surface area (Å²) in [6.07, 6.45) is -2.57. The number of halogens is 1. The van der Waals surface area contributed by atoms with Crippen molar-refractivity contribution in [2.75, 3.05) is 13.3 Å². The molecule has 1 saturated heterocycles. The van der Waals surface area contributed by atoms with Crippen molar-refractivity contribution >= 4 is 5.91 Å². The molecule has 8 nitrogen and oxygen atoms in total. The predicted molar refractivity (Wildman–Crippen MR) is 87.6 cm³/mol. The summed E-state index contributed by atoms with van der Waals surface area (Å²) in [5.41, 5.74) is -1.72. The van der Waals surface area contributed by atoms with Gasteiger partial charge in [0.25, 0.3) is 11.5 Å². The van der Waals surface area contributed by atoms with E-state index in [9.17, 15) is 29.0 Å². The average Bonchev–Trinajstić information content (AvgIpc) is 2.97. The third-order valence-corrected chi connectivity index (χ3v) is 4.37. The van der Waals surface area contributed by atoms with Crippen molar-refractivity contribution in [3.63, 3.8) is 0 Å². The molecule has 4 atom stereocenters. The minimum absolute atomic E-state index is 0.132. The first-order chi connectivity index (χ1) is 12.5. The van der Waals surface area contributed by atoms with E-state index < -0.39 is 54.8 Å². The lowest BCUT2D eigenvalue weighted by molar-refractivity contribution is -0.0489. The van der Waals surface area contributed by atoms with Crippen LogP contribution in [0.2, 0.25) is 0 Å². The van der Waals surface area contributed by atoms with Crippen LogP contribution in [0.25, 0.3) is 0 Å². The van der Waals surface area contributed by atoms with E-state index in [2.05, 4.69) is 0 Å². The Morgan fingerprint density at radius 2 is 1.88 bits per heavy atom. The highest BCUT2D eigenvalue weighted by atomic mass is 19.1. The Labute approximate surface area is 146 Å². The summed E-state index contributed by atoms with van der Waals surface area (Å²) < 4.78 is 20.0. The van der Waals surface area contributed by atoms with Gasteiger partial charge in [-0.3, -0.25) is 18.5 Å². The number of nitrogens with zero attached hydrogens (tertiary/aromatic N) is 2. The van der Waals surface area contributed by atoms with Crippen molar-refractivity contribution in [2.24, 2.45) is 5.92 Å². The van der Waals surface area contributed by atoms with Crippen LogP contribution in [0.15, 0.2) is 52.2 Å². The van der Waals surface area contributed by atoms with Gasteiger partial charge >= 0.3 is 5.69 Å². The molecule has 0 spiro atoms. The summed E-state index contributed by atoms with van der Waals surface area (Å²) in [5.74, 6) is -1.95. The quantitative estimate of drug-likeness (QED) is 0.759. The fraction of sp³-hybridized carbons (Fsp3) is 0.353. The lowest BCUT2D eigenvalue weighted by Crippen LogP contribution is -2.45. The normalized spacial score (nSPS) is 25.3. The van der Waals surface area contributed by atoms with Gasteiger partial charge in [-0.2, -0.15) is 4.57 Å². The van der Waals surface area contributed by atoms with E-state index in [0.29, 0.717) is 4.57 Å². The van der Waals surface area contributed by atoms with Crippen molar-refractivity contribution in [3.05, 3.63) is 69.0 Å². The zero-order valence-corrected chi connectivity index (χ0v) is 13.6. The maximum absolute atomic E-state index is 13.4. The molecule has 0 unspecified atom stereocenters. The van der Waals surface area contributed by atoms with Crippen LogP contribution in [0.3, 0.4) is 0 Å². The lowest BCUT2D eigenvalue weighted by atomic mass is 10.0. The lowest BCUT2D eigenvalue weighted by Gasteiger charge is -2.20. The molecule has 2 heterocycles. The molecule has 2 aromatic rings. The molecule has 0 saturated carbocycles. The molecule has 0 radical (unpaired) electrons. The second-order valence-corrected chi connectivity index (χ2v) is 5.91. The van der Waals surface area contributed by atoms with Gasteiger partial charge in [0.15, 0.2) is 0 Å². The zero-order valence-electron chi connectivity index (χ0n) is 13.6. The second-order valence-electron chi connectivity index (χ2n) is 5.91. The monoisotopic (exact) mass is 364 g/mol. The van der Waals surface area contributed by atoms with Crippen LogP contribution in [0, 0.1) is 5.92 Å². The Balaban J connectivity index is 2.07. The number of hydrogen-bond acceptors (Lipinski definition) is 6. The Bertz CT molecular complexity index is 909. The minimum atomic E-state index is -1.33. The number of aliphatic hydroxyl groups excluding tert-OH is 2. The number of alkyl halides is 1. The Morgan fingerprint density at radius 1 is 1.19 bits per heavy atom. The van der Waals surface area contributed by atoms with Crippen molar-refractivity contribution in [3.8, 4) is 0 Å². The van der Waals surface area contributed by atoms with Crippen molar-refractivity contribution < 1.29 is 24.1 Å². The summed E-state index contributed by atoms with van der Waals surface area (Å²) >= 11 is 0. The van der Waals surface area contributed by atoms with Gasteiger partial charge in [-0.25, -0.2) is 4.79 Å². The molecule has 0 amide bonds. The molecule has 138 valence electrons. The molecule has 2 N–H and O–H groups in total. The minimum Gasteiger partial charge on any atom is -0.394 e. The Hall–Kier alpha value is -2.62. The van der Waals surface area contributed by atoms with Crippen LogP contribution in [0.5, 0.6) is 0 Å². The first kappa shape index (κ1) is 18.2. The summed E-state index contributed by atoms with van der Waals surface area (Å²) in [5, 5.41) is 19.2. The number of rotatable bonds is 4. The summed E-state index contributed by atoms with van der Waals surface area (Å²) in [6.45, 7) is -1.58. The third kappa shape index (κ3) is 3.00. The third-order valence-electron chi connectivity index (χ3n) is 4.37. The highest BCUT2D eigenvalue weighted by Crippen LogP contribution is 2.34. The van der Waals surface area contributed by atoms with Gasteiger partial charge in [0.05, 0.1) is 25.3 Å². The number of carbonyl (C=O) groups excluding carboxylic acids is 1. The van der Waals surface area contributed by atoms with Gasteiger partial charge in [0.1, 0.15) is 12.3 Å². The van der Waals surface area contributed by atoms with E-state index >= 15 is 0 Å². The van der Waals surface area contributed by atoms with E-state index in [1.807, 2.05) is 0 Å². The average molecular weight is 364 g/mol. The molecule has 9 heteroatoms. The van der Waals surface area contributed by atoms with Crippen molar-refractivity contribution in [1.82, 2.24) is 9.13 Å². The molecule has 0 bridgehead atoms. The summed E-state index contributed by atoms with van der Waals surface area (Å²) in [4.78, 5) is 37.3. The topological polar surface area (TPSA) is 111 Å². The van der Waals surface area contributed by atoms with E-state index in [1.54, 1.807) is 18.2 Å². The van der Waals surface area contributed by atoms with Crippen LogP contribution in [0.4, 0.5) is 4.39 Å². The number of aliphatic hydroxyl groups is 2. The second kappa shape index (κ2) is 7.32. The number of hydrogen-bond donors (Lipinski definition) is 2. The molecule has 1 aliphatic rings. The Kier molecular flexibility index (Phi) is 5.12. The van der Waals surface area contributed by atoms with Gasteiger partial charge < -0.3 is 14.9 Å². The van der Waals surface area contributed by atoms with Crippen LogP contribution < -0.4 is 11.2 Å². The van der Waals surface area contributed by atoms with Gasteiger partial charge in [-0.15, -0.1) is 0 Å². The Morgan fingerprint density at radius 3 is 2.50 bits per heavy atom. The van der Waals surface area contributed by atoms with Crippen LogP contribution in [-0.2, 0) is 4.74 Å². The molecule has 1 aromatic heterocycles. The summed E-state index contributed by atoms with van der Waals surface area (Å²) in [6, 6.07) is 8.74. The molecule has 0 aliphatic carbocycles. The highest BCUT2D eigenvalue weighted by Gasteiger charge is 2.45. The van der Waals surface area contributed by atoms with Gasteiger partial charge in [0.2, 0.25) is 0 Å². The fourth-order valence-corrected chi connectivity index (χ4v) is 2.98. The number of aromatic nitrogens is 2. The van der Waals surface area contributed by atoms with Gasteiger partial charge in [-0.1, -0.05) is 18.2 Å². The largest absolute Gasteiger partial charge is 0.394 e. The SMILES string of the molecule is O=C(c1ccccc1)n1c(=O)ccn([C@@H]2O[C@H](CO)[C@@H](O)[C@H]2CF)c1=O. The van der Waals surface area contributed by atoms with E-state index in [4.69, 9.17) is 4.74 Å². The van der Waals surface area contributed by atoms with Crippen LogP contribution in [0.1, 0.15) is 16.6 Å². The molecule has 1 aromatic carbocycles. The molecular weight excluding hydrogens is 347 g/mol. The van der Waals surface area contributed by atoms with Crippen LogP contribution in [-0.4, -0.2) is 50.7 Å². The number of benzene rings is 1. The first-order valence-electron chi connectivity index (χ1n) is 7.94. The highest BCUT2D eigenvalue weighted by molar-refractivity contribution is 5.95. The maximum Gasteiger partial charge on any atom is 0.340 e. The number of carbonyl (C=O) groups is 1. The molecular formula is C17H17FN2O6. The molecule has 26 heavy (non-hydrogen) atoms. The first-order valence-corrected chi connectivity index (χ1v) is 7.94. The molecule has 1 aliphatic heterocycles. The van der Waals surface area contributed by atoms with Crippen molar-refractivity contribution in [1.29, 1.82) is 0 Å². The van der Waals surface area contributed by atoms with Crippen molar-refractivity contribution in [2.45, 2.75) is 18.4 Å². The standard InChI is InChI=1S/C17H17FN2O6/c18-8-11-14(23)12(9-21)26-16(11)19-7-6-13(22)20(17(19)25)15(24)10-4-2-1-3-5-10/h1-7,11-12,14,16,21,23H,8-9H2/t11-,12-,14+,16-/m1/s1. The van der Waals surface area contributed by atoms with E-state index in [1.165, 1.54) is 12.1 Å². The molecule has 1 fully saturated rings. The van der Waals surface area contributed by atoms with E-state index in [0.717, 1.165) is 16.8 Å². The van der Waals surface area contributed by atoms with Gasteiger partial charge in [-0.05, 0) is 12.1 Å². The maximum atomic E-state index is 13.4.